The first-order chi connectivity index (χ1) is 8.60. The highest BCUT2D eigenvalue weighted by Crippen LogP contribution is 2.22. The van der Waals surface area contributed by atoms with Crippen LogP contribution in [0.2, 0.25) is 0 Å². The van der Waals surface area contributed by atoms with Crippen LogP contribution < -0.4 is 11.1 Å². The van der Waals surface area contributed by atoms with E-state index in [1.807, 2.05) is 5.32 Å². The maximum absolute atomic E-state index is 13.1. The molecule has 1 unspecified atom stereocenters. The van der Waals surface area contributed by atoms with Crippen LogP contribution in [0.25, 0.3) is 0 Å². The molecule has 19 heavy (non-hydrogen) atoms. The summed E-state index contributed by atoms with van der Waals surface area (Å²) in [5.74, 6) is -3.29. The Balaban J connectivity index is 2.79. The third-order valence-corrected chi connectivity index (χ3v) is 2.26. The van der Waals surface area contributed by atoms with Crippen LogP contribution in [0, 0.1) is 11.6 Å². The Morgan fingerprint density at radius 1 is 1.32 bits per heavy atom. The topological polar surface area (TPSA) is 55.1 Å². The third kappa shape index (κ3) is 4.38. The minimum atomic E-state index is -4.44. The number of anilines is 1. The molecule has 0 heterocycles. The van der Waals surface area contributed by atoms with Gasteiger partial charge in [0.1, 0.15) is 17.3 Å². The van der Waals surface area contributed by atoms with Gasteiger partial charge in [-0.1, -0.05) is 0 Å². The van der Waals surface area contributed by atoms with E-state index in [4.69, 9.17) is 5.73 Å². The van der Waals surface area contributed by atoms with Crippen LogP contribution in [0.4, 0.5) is 27.6 Å². The molecule has 0 aliphatic rings. The van der Waals surface area contributed by atoms with Crippen molar-refractivity contribution in [2.75, 3.05) is 5.73 Å². The van der Waals surface area contributed by atoms with Crippen LogP contribution in [0.5, 0.6) is 0 Å². The van der Waals surface area contributed by atoms with Crippen LogP contribution in [0.3, 0.4) is 0 Å². The molecule has 1 amide bonds. The number of carbonyl (C=O) groups is 1. The lowest BCUT2D eigenvalue weighted by atomic mass is 10.1. The predicted molar refractivity (Wildman–Crippen MR) is 58.4 cm³/mol. The minimum absolute atomic E-state index is 0.432. The number of hydrogen-bond acceptors (Lipinski definition) is 2. The fraction of sp³-hybridized carbons (Fsp3) is 0.364. The second-order valence-electron chi connectivity index (χ2n) is 4.05. The van der Waals surface area contributed by atoms with E-state index in [0.717, 1.165) is 6.92 Å². The van der Waals surface area contributed by atoms with E-state index in [-0.39, 0.29) is 0 Å². The van der Waals surface area contributed by atoms with Crippen molar-refractivity contribution >= 4 is 11.6 Å². The van der Waals surface area contributed by atoms with Crippen LogP contribution in [-0.2, 0) is 0 Å². The molecule has 0 bridgehead atoms. The second kappa shape index (κ2) is 5.41. The summed E-state index contributed by atoms with van der Waals surface area (Å²) in [6.45, 7) is 1.13. The summed E-state index contributed by atoms with van der Waals surface area (Å²) >= 11 is 0. The van der Waals surface area contributed by atoms with E-state index in [0.29, 0.717) is 12.1 Å². The highest BCUT2D eigenvalue weighted by atomic mass is 19.4. The van der Waals surface area contributed by atoms with Crippen molar-refractivity contribution in [1.82, 2.24) is 5.32 Å². The minimum Gasteiger partial charge on any atom is -0.394 e. The number of halogens is 5. The molecular formula is C11H11F5N2O. The average Bonchev–Trinajstić information content (AvgIpc) is 2.22. The zero-order valence-electron chi connectivity index (χ0n) is 9.81. The number of nitrogens with one attached hydrogen (secondary N) is 1. The smallest absolute Gasteiger partial charge is 0.391 e. The van der Waals surface area contributed by atoms with Crippen LogP contribution in [-0.4, -0.2) is 18.1 Å². The summed E-state index contributed by atoms with van der Waals surface area (Å²) in [7, 11) is 0. The normalized spacial score (nSPS) is 13.2. The van der Waals surface area contributed by atoms with E-state index in [1.165, 1.54) is 0 Å². The number of hydrogen-bond donors (Lipinski definition) is 2. The molecule has 0 saturated heterocycles. The van der Waals surface area contributed by atoms with Gasteiger partial charge in [0.25, 0.3) is 5.91 Å². The van der Waals surface area contributed by atoms with E-state index in [1.54, 1.807) is 0 Å². The Morgan fingerprint density at radius 2 is 1.79 bits per heavy atom. The molecule has 0 fully saturated rings. The lowest BCUT2D eigenvalue weighted by molar-refractivity contribution is -0.138. The largest absolute Gasteiger partial charge is 0.394 e. The molecule has 0 aromatic heterocycles. The molecule has 0 spiro atoms. The molecule has 0 aliphatic heterocycles. The standard InChI is InChI=1S/C11H11F5N2O/c1-5(4-11(14,15)16)18-10(19)6-2-7(12)9(17)8(13)3-6/h2-3,5H,4,17H2,1H3,(H,18,19). The van der Waals surface area contributed by atoms with Crippen LogP contribution in [0.15, 0.2) is 12.1 Å². The van der Waals surface area contributed by atoms with Gasteiger partial charge in [-0.05, 0) is 19.1 Å². The molecular weight excluding hydrogens is 271 g/mol. The summed E-state index contributed by atoms with van der Waals surface area (Å²) in [6.07, 6.45) is -5.68. The first-order valence-electron chi connectivity index (χ1n) is 5.22. The van der Waals surface area contributed by atoms with Crippen molar-refractivity contribution in [3.63, 3.8) is 0 Å². The maximum Gasteiger partial charge on any atom is 0.391 e. The van der Waals surface area contributed by atoms with E-state index in [2.05, 4.69) is 0 Å². The fourth-order valence-electron chi connectivity index (χ4n) is 1.42. The number of alkyl halides is 3. The van der Waals surface area contributed by atoms with Crippen LogP contribution >= 0.6 is 0 Å². The van der Waals surface area contributed by atoms with Gasteiger partial charge in [0.2, 0.25) is 0 Å². The highest BCUT2D eigenvalue weighted by Gasteiger charge is 2.30. The molecule has 1 rings (SSSR count). The molecule has 3 nitrogen and oxygen atoms in total. The molecule has 0 saturated carbocycles. The van der Waals surface area contributed by atoms with Crippen molar-refractivity contribution in [3.8, 4) is 0 Å². The van der Waals surface area contributed by atoms with Gasteiger partial charge >= 0.3 is 6.18 Å². The van der Waals surface area contributed by atoms with Crippen molar-refractivity contribution in [3.05, 3.63) is 29.3 Å². The second-order valence-corrected chi connectivity index (χ2v) is 4.05. The quantitative estimate of drug-likeness (QED) is 0.661. The first-order valence-corrected chi connectivity index (χ1v) is 5.22. The summed E-state index contributed by atoms with van der Waals surface area (Å²) in [5, 5.41) is 1.99. The molecule has 106 valence electrons. The van der Waals surface area contributed by atoms with Crippen molar-refractivity contribution in [2.45, 2.75) is 25.6 Å². The number of carbonyl (C=O) groups excluding carboxylic acids is 1. The Labute approximate surface area is 105 Å². The zero-order valence-corrected chi connectivity index (χ0v) is 9.81. The summed E-state index contributed by atoms with van der Waals surface area (Å²) in [4.78, 5) is 11.5. The summed E-state index contributed by atoms with van der Waals surface area (Å²) in [6, 6.07) is 0.110. The number of benzene rings is 1. The molecule has 0 radical (unpaired) electrons. The number of amides is 1. The zero-order chi connectivity index (χ0) is 14.8. The fourth-order valence-corrected chi connectivity index (χ4v) is 1.42. The van der Waals surface area contributed by atoms with Gasteiger partial charge in [0.05, 0.1) is 6.42 Å². The molecule has 8 heteroatoms. The lowest BCUT2D eigenvalue weighted by Crippen LogP contribution is -2.36. The van der Waals surface area contributed by atoms with Gasteiger partial charge in [-0.15, -0.1) is 0 Å². The third-order valence-electron chi connectivity index (χ3n) is 2.26. The molecule has 3 N–H and O–H groups in total. The van der Waals surface area contributed by atoms with Gasteiger partial charge in [-0.25, -0.2) is 8.78 Å². The molecule has 1 atom stereocenters. The Kier molecular flexibility index (Phi) is 4.33. The van der Waals surface area contributed by atoms with Crippen LogP contribution in [0.1, 0.15) is 23.7 Å². The Morgan fingerprint density at radius 3 is 2.21 bits per heavy atom. The van der Waals surface area contributed by atoms with E-state index >= 15 is 0 Å². The number of rotatable bonds is 3. The maximum atomic E-state index is 13.1. The van der Waals surface area contributed by atoms with Gasteiger partial charge in [-0.2, -0.15) is 13.2 Å². The lowest BCUT2D eigenvalue weighted by Gasteiger charge is -2.16. The van der Waals surface area contributed by atoms with E-state index < -0.39 is 47.4 Å². The highest BCUT2D eigenvalue weighted by molar-refractivity contribution is 5.94. The van der Waals surface area contributed by atoms with Crippen molar-refractivity contribution in [2.24, 2.45) is 0 Å². The molecule has 1 aromatic carbocycles. The monoisotopic (exact) mass is 282 g/mol. The van der Waals surface area contributed by atoms with E-state index in [9.17, 15) is 26.7 Å². The molecule has 1 aromatic rings. The Bertz CT molecular complexity index is 463. The van der Waals surface area contributed by atoms with Crippen molar-refractivity contribution in [1.29, 1.82) is 0 Å². The number of nitrogens with two attached hydrogens (primary N) is 1. The average molecular weight is 282 g/mol. The summed E-state index contributed by atoms with van der Waals surface area (Å²) < 4.78 is 62.3. The SMILES string of the molecule is CC(CC(F)(F)F)NC(=O)c1cc(F)c(N)c(F)c1. The van der Waals surface area contributed by atoms with Gasteiger partial charge in [0.15, 0.2) is 0 Å². The molecule has 0 aliphatic carbocycles. The number of nitrogen functional groups attached to an aromatic ring is 1. The van der Waals surface area contributed by atoms with Gasteiger partial charge in [0, 0.05) is 11.6 Å². The predicted octanol–water partition coefficient (Wildman–Crippen LogP) is 2.62. The summed E-state index contributed by atoms with van der Waals surface area (Å²) in [5.41, 5.74) is 3.82. The van der Waals surface area contributed by atoms with Gasteiger partial charge < -0.3 is 11.1 Å². The van der Waals surface area contributed by atoms with Crippen molar-refractivity contribution < 1.29 is 26.7 Å². The van der Waals surface area contributed by atoms with Gasteiger partial charge in [-0.3, -0.25) is 4.79 Å². The first kappa shape index (κ1) is 15.2. The Hall–Kier alpha value is -1.86.